The Morgan fingerprint density at radius 1 is 1.24 bits per heavy atom. The van der Waals surface area contributed by atoms with E-state index in [1.54, 1.807) is 13.2 Å². The largest absolute Gasteiger partial charge is 0.361 e. The number of urea groups is 1. The highest BCUT2D eigenvalue weighted by Gasteiger charge is 2.11. The fraction of sp³-hybridized carbons (Fsp3) is 0.381. The summed E-state index contributed by atoms with van der Waals surface area (Å²) in [5.41, 5.74) is 2.21. The molecule has 8 heteroatoms. The molecule has 0 bridgehead atoms. The first-order valence-electron chi connectivity index (χ1n) is 9.91. The number of carbonyl (C=O) groups excluding carboxylic acids is 1. The Hall–Kier alpha value is -2.80. The number of anilines is 1. The molecular formula is C21H27ClN6O. The predicted molar refractivity (Wildman–Crippen MR) is 118 cm³/mol. The lowest BCUT2D eigenvalue weighted by Crippen LogP contribution is -2.33. The van der Waals surface area contributed by atoms with Gasteiger partial charge in [0.15, 0.2) is 5.82 Å². The van der Waals surface area contributed by atoms with Crippen LogP contribution in [-0.2, 0) is 6.42 Å². The third-order valence-electron chi connectivity index (χ3n) is 4.87. The number of amides is 2. The molecule has 0 atom stereocenters. The van der Waals surface area contributed by atoms with Crippen molar-refractivity contribution >= 4 is 34.4 Å². The summed E-state index contributed by atoms with van der Waals surface area (Å²) in [4.78, 5) is 16.5. The number of carbonyl (C=O) groups is 1. The molecule has 3 heterocycles. The number of hydrogen-bond acceptors (Lipinski definition) is 4. The van der Waals surface area contributed by atoms with E-state index < -0.39 is 0 Å². The van der Waals surface area contributed by atoms with E-state index in [0.717, 1.165) is 46.8 Å². The van der Waals surface area contributed by atoms with E-state index >= 15 is 0 Å². The van der Waals surface area contributed by atoms with Crippen LogP contribution in [0.5, 0.6) is 0 Å². The third kappa shape index (κ3) is 6.09. The van der Waals surface area contributed by atoms with E-state index in [2.05, 4.69) is 30.7 Å². The van der Waals surface area contributed by atoms with Gasteiger partial charge in [0.05, 0.1) is 0 Å². The van der Waals surface area contributed by atoms with Crippen LogP contribution >= 0.6 is 11.6 Å². The van der Waals surface area contributed by atoms with Crippen molar-refractivity contribution in [2.75, 3.05) is 31.6 Å². The second-order valence-electron chi connectivity index (χ2n) is 6.89. The van der Waals surface area contributed by atoms with Crippen LogP contribution in [0.2, 0.25) is 5.02 Å². The van der Waals surface area contributed by atoms with Crippen LogP contribution < -0.4 is 15.5 Å². The molecular weight excluding hydrogens is 388 g/mol. The minimum Gasteiger partial charge on any atom is -0.361 e. The lowest BCUT2D eigenvalue weighted by molar-refractivity contribution is 0.243. The number of benzene rings is 1. The Kier molecular flexibility index (Phi) is 7.69. The molecule has 0 saturated carbocycles. The zero-order valence-corrected chi connectivity index (χ0v) is 17.4. The molecule has 1 saturated heterocycles. The summed E-state index contributed by atoms with van der Waals surface area (Å²) in [5, 5.41) is 15.0. The zero-order chi connectivity index (χ0) is 20.5. The topological polar surface area (TPSA) is 85.9 Å². The Morgan fingerprint density at radius 3 is 2.79 bits per heavy atom. The Bertz CT molecular complexity index is 908. The molecule has 2 aromatic heterocycles. The van der Waals surface area contributed by atoms with Gasteiger partial charge in [0.25, 0.3) is 0 Å². The second-order valence-corrected chi connectivity index (χ2v) is 7.33. The van der Waals surface area contributed by atoms with Gasteiger partial charge in [-0.3, -0.25) is 0 Å². The molecule has 1 aliphatic rings. The fourth-order valence-electron chi connectivity index (χ4n) is 3.34. The highest BCUT2D eigenvalue weighted by atomic mass is 35.5. The second kappa shape index (κ2) is 10.7. The van der Waals surface area contributed by atoms with Crippen LogP contribution in [0.25, 0.3) is 10.9 Å². The van der Waals surface area contributed by atoms with E-state index in [4.69, 9.17) is 11.6 Å². The van der Waals surface area contributed by atoms with Gasteiger partial charge in [0, 0.05) is 55.0 Å². The van der Waals surface area contributed by atoms with Crippen molar-refractivity contribution in [3.8, 4) is 0 Å². The van der Waals surface area contributed by atoms with Gasteiger partial charge >= 0.3 is 6.03 Å². The lowest BCUT2D eigenvalue weighted by Gasteiger charge is -2.26. The molecule has 154 valence electrons. The Balaban J connectivity index is 0.000000176. The van der Waals surface area contributed by atoms with Crippen LogP contribution in [0, 0.1) is 0 Å². The normalized spacial score (nSPS) is 13.5. The van der Waals surface area contributed by atoms with Crippen LogP contribution in [0.1, 0.15) is 24.8 Å². The minimum absolute atomic E-state index is 0.164. The highest BCUT2D eigenvalue weighted by molar-refractivity contribution is 6.31. The van der Waals surface area contributed by atoms with Crippen molar-refractivity contribution in [3.63, 3.8) is 0 Å². The van der Waals surface area contributed by atoms with Crippen LogP contribution in [0.4, 0.5) is 10.6 Å². The van der Waals surface area contributed by atoms with Crippen LogP contribution in [-0.4, -0.2) is 47.9 Å². The molecule has 1 aliphatic heterocycles. The molecule has 3 N–H and O–H groups in total. The van der Waals surface area contributed by atoms with Gasteiger partial charge < -0.3 is 20.5 Å². The number of rotatable bonds is 4. The zero-order valence-electron chi connectivity index (χ0n) is 16.6. The van der Waals surface area contributed by atoms with Crippen LogP contribution in [0.15, 0.2) is 42.7 Å². The SMILES string of the molecule is CNC(=O)NCCc1c[nH]c2ccc(Cl)cc12.c1cnnc(N2CCCCC2)c1. The smallest absolute Gasteiger partial charge is 0.314 e. The maximum atomic E-state index is 11.0. The van der Waals surface area contributed by atoms with Crippen molar-refractivity contribution in [1.82, 2.24) is 25.8 Å². The predicted octanol–water partition coefficient (Wildman–Crippen LogP) is 3.76. The molecule has 0 radical (unpaired) electrons. The number of hydrogen-bond donors (Lipinski definition) is 3. The first-order chi connectivity index (χ1) is 14.2. The van der Waals surface area contributed by atoms with Gasteiger partial charge in [-0.05, 0) is 61.6 Å². The van der Waals surface area contributed by atoms with E-state index in [1.165, 1.54) is 19.3 Å². The lowest BCUT2D eigenvalue weighted by atomic mass is 10.1. The average Bonchev–Trinajstić information content (AvgIpc) is 3.17. The number of nitrogens with zero attached hydrogens (tertiary/aromatic N) is 3. The molecule has 7 nitrogen and oxygen atoms in total. The quantitative estimate of drug-likeness (QED) is 0.606. The number of H-pyrrole nitrogens is 1. The average molecular weight is 415 g/mol. The summed E-state index contributed by atoms with van der Waals surface area (Å²) in [5.74, 6) is 1.03. The molecule has 0 spiro atoms. The molecule has 3 aromatic rings. The molecule has 2 amide bonds. The third-order valence-corrected chi connectivity index (χ3v) is 5.11. The van der Waals surface area contributed by atoms with Crippen molar-refractivity contribution in [1.29, 1.82) is 0 Å². The number of fused-ring (bicyclic) bond motifs is 1. The summed E-state index contributed by atoms with van der Waals surface area (Å²) in [6, 6.07) is 9.54. The van der Waals surface area contributed by atoms with Crippen molar-refractivity contribution in [3.05, 3.63) is 53.3 Å². The van der Waals surface area contributed by atoms with Gasteiger partial charge in [-0.25, -0.2) is 4.79 Å². The Labute approximate surface area is 175 Å². The monoisotopic (exact) mass is 414 g/mol. The molecule has 0 unspecified atom stereocenters. The first kappa shape index (κ1) is 20.9. The minimum atomic E-state index is -0.164. The number of nitrogens with one attached hydrogen (secondary N) is 3. The fourth-order valence-corrected chi connectivity index (χ4v) is 3.51. The molecule has 0 aliphatic carbocycles. The maximum absolute atomic E-state index is 11.0. The summed E-state index contributed by atoms with van der Waals surface area (Å²) >= 11 is 5.96. The summed E-state index contributed by atoms with van der Waals surface area (Å²) < 4.78 is 0. The number of aromatic amines is 1. The van der Waals surface area contributed by atoms with Gasteiger partial charge in [0.1, 0.15) is 0 Å². The number of halogens is 1. The van der Waals surface area contributed by atoms with Gasteiger partial charge in [-0.2, -0.15) is 5.10 Å². The summed E-state index contributed by atoms with van der Waals surface area (Å²) in [7, 11) is 1.60. The number of piperidine rings is 1. The first-order valence-corrected chi connectivity index (χ1v) is 10.3. The van der Waals surface area contributed by atoms with E-state index in [-0.39, 0.29) is 6.03 Å². The highest BCUT2D eigenvalue weighted by Crippen LogP contribution is 2.22. The van der Waals surface area contributed by atoms with E-state index in [0.29, 0.717) is 6.54 Å². The molecule has 4 rings (SSSR count). The van der Waals surface area contributed by atoms with Crippen molar-refractivity contribution < 1.29 is 4.79 Å². The number of aromatic nitrogens is 3. The summed E-state index contributed by atoms with van der Waals surface area (Å²) in [6.45, 7) is 2.87. The van der Waals surface area contributed by atoms with Gasteiger partial charge in [-0.15, -0.1) is 5.10 Å². The standard InChI is InChI=1S/C12H14ClN3O.C9H13N3/c1-14-12(17)15-5-4-8-7-16-11-3-2-9(13)6-10(8)11;1-2-7-12(8-3-1)9-5-4-6-10-11-9/h2-3,6-7,16H,4-5H2,1H3,(H2,14,15,17);4-6H,1-3,7-8H2. The summed E-state index contributed by atoms with van der Waals surface area (Å²) in [6.07, 6.45) is 8.37. The van der Waals surface area contributed by atoms with E-state index in [1.807, 2.05) is 36.5 Å². The van der Waals surface area contributed by atoms with Crippen molar-refractivity contribution in [2.24, 2.45) is 0 Å². The Morgan fingerprint density at radius 2 is 2.07 bits per heavy atom. The van der Waals surface area contributed by atoms with Crippen molar-refractivity contribution in [2.45, 2.75) is 25.7 Å². The molecule has 1 aromatic carbocycles. The van der Waals surface area contributed by atoms with Crippen LogP contribution in [0.3, 0.4) is 0 Å². The van der Waals surface area contributed by atoms with E-state index in [9.17, 15) is 4.79 Å². The molecule has 1 fully saturated rings. The molecule has 29 heavy (non-hydrogen) atoms. The maximum Gasteiger partial charge on any atom is 0.314 e. The van der Waals surface area contributed by atoms with Gasteiger partial charge in [0.2, 0.25) is 0 Å². The van der Waals surface area contributed by atoms with Gasteiger partial charge in [-0.1, -0.05) is 11.6 Å².